The average Bonchev–Trinajstić information content (AvgIpc) is 3.55. The molecule has 1 saturated heterocycles. The van der Waals surface area contributed by atoms with Gasteiger partial charge in [0.1, 0.15) is 11.6 Å². The van der Waals surface area contributed by atoms with Crippen LogP contribution in [-0.4, -0.2) is 51.2 Å². The second-order valence-corrected chi connectivity index (χ2v) is 12.5. The molecule has 4 N–H and O–H groups in total. The molecule has 2 aromatic rings. The first-order valence-corrected chi connectivity index (χ1v) is 14.6. The third kappa shape index (κ3) is 11.5. The Hall–Kier alpha value is -2.79. The Labute approximate surface area is 242 Å². The van der Waals surface area contributed by atoms with E-state index in [-0.39, 0.29) is 17.4 Å². The molecular weight excluding hydrogens is 584 g/mol. The van der Waals surface area contributed by atoms with Crippen LogP contribution >= 0.6 is 27.9 Å². The van der Waals surface area contributed by atoms with E-state index in [1.807, 2.05) is 31.2 Å². The number of amides is 3. The number of fused-ring (bicyclic) bond motifs is 1. The number of nitrogens with zero attached hydrogens (tertiary/aromatic N) is 1. The Morgan fingerprint density at radius 2 is 1.97 bits per heavy atom. The third-order valence-corrected chi connectivity index (χ3v) is 7.38. The summed E-state index contributed by atoms with van der Waals surface area (Å²) in [5, 5.41) is 2.36. The summed E-state index contributed by atoms with van der Waals surface area (Å²) in [6, 6.07) is 7.02. The highest BCUT2D eigenvalue weighted by molar-refractivity contribution is 9.10. The van der Waals surface area contributed by atoms with Gasteiger partial charge in [0.25, 0.3) is 5.56 Å². The lowest BCUT2D eigenvalue weighted by atomic mass is 10.1. The molecule has 3 amide bonds. The van der Waals surface area contributed by atoms with Crippen molar-refractivity contribution in [3.63, 3.8) is 0 Å². The quantitative estimate of drug-likeness (QED) is 0.296. The van der Waals surface area contributed by atoms with Crippen molar-refractivity contribution in [3.05, 3.63) is 57.9 Å². The minimum atomic E-state index is -0.540. The van der Waals surface area contributed by atoms with Gasteiger partial charge in [-0.05, 0) is 88.4 Å². The first-order valence-electron chi connectivity index (χ1n) is 12.9. The number of aromatic amines is 1. The molecule has 39 heavy (non-hydrogen) atoms. The van der Waals surface area contributed by atoms with Crippen LogP contribution in [0.25, 0.3) is 10.8 Å². The van der Waals surface area contributed by atoms with Crippen LogP contribution in [0.4, 0.5) is 4.79 Å². The predicted molar refractivity (Wildman–Crippen MR) is 160 cm³/mol. The molecule has 2 aliphatic rings. The maximum Gasteiger partial charge on any atom is 0.410 e. The molecule has 214 valence electrons. The number of ether oxygens (including phenoxy) is 1. The number of rotatable bonds is 6. The zero-order chi connectivity index (χ0) is 29.2. The summed E-state index contributed by atoms with van der Waals surface area (Å²) in [7, 11) is 0. The Balaban J connectivity index is 0.000000207. The van der Waals surface area contributed by atoms with Crippen LogP contribution in [0.1, 0.15) is 59.8 Å². The zero-order valence-corrected chi connectivity index (χ0v) is 25.4. The van der Waals surface area contributed by atoms with E-state index >= 15 is 0 Å². The molecule has 0 spiro atoms. The maximum absolute atomic E-state index is 11.7. The van der Waals surface area contributed by atoms with Crippen LogP contribution in [0.5, 0.6) is 0 Å². The monoisotopic (exact) mass is 622 g/mol. The van der Waals surface area contributed by atoms with Crippen molar-refractivity contribution in [2.45, 2.75) is 76.7 Å². The molecule has 2 atom stereocenters. The van der Waals surface area contributed by atoms with Crippen LogP contribution in [-0.2, 0) is 14.3 Å². The molecule has 11 heteroatoms. The van der Waals surface area contributed by atoms with Crippen molar-refractivity contribution < 1.29 is 19.1 Å². The molecule has 4 rings (SSSR count). The van der Waals surface area contributed by atoms with Gasteiger partial charge in [0, 0.05) is 33.8 Å². The smallest absolute Gasteiger partial charge is 0.410 e. The summed E-state index contributed by atoms with van der Waals surface area (Å²) < 4.78 is 8.96. The van der Waals surface area contributed by atoms with Crippen LogP contribution in [0, 0.1) is 5.92 Å². The van der Waals surface area contributed by atoms with Gasteiger partial charge in [-0.15, -0.1) is 6.58 Å². The Kier molecular flexibility index (Phi) is 12.6. The Morgan fingerprint density at radius 1 is 1.28 bits per heavy atom. The van der Waals surface area contributed by atoms with Gasteiger partial charge in [-0.3, -0.25) is 24.0 Å². The number of benzene rings is 1. The molecule has 2 fully saturated rings. The van der Waals surface area contributed by atoms with E-state index < -0.39 is 23.6 Å². The van der Waals surface area contributed by atoms with E-state index in [4.69, 9.17) is 10.5 Å². The molecule has 1 aliphatic carbocycles. The highest BCUT2D eigenvalue weighted by Gasteiger charge is 2.35. The molecule has 9 nitrogen and oxygen atoms in total. The molecule has 1 saturated carbocycles. The molecule has 1 aromatic heterocycles. The van der Waals surface area contributed by atoms with Crippen LogP contribution < -0.4 is 16.0 Å². The molecular formula is C28H39BrN4O5S. The van der Waals surface area contributed by atoms with Gasteiger partial charge in [0.2, 0.25) is 11.8 Å². The average molecular weight is 624 g/mol. The zero-order valence-electron chi connectivity index (χ0n) is 23.0. The number of carbonyl (C=O) groups excluding carboxylic acids is 3. The van der Waals surface area contributed by atoms with Gasteiger partial charge in [0.15, 0.2) is 0 Å². The van der Waals surface area contributed by atoms with Crippen molar-refractivity contribution in [2.24, 2.45) is 11.7 Å². The summed E-state index contributed by atoms with van der Waals surface area (Å²) in [4.78, 5) is 49.3. The van der Waals surface area contributed by atoms with Crippen molar-refractivity contribution in [1.29, 1.82) is 0 Å². The van der Waals surface area contributed by atoms with Gasteiger partial charge in [-0.25, -0.2) is 4.79 Å². The topological polar surface area (TPSA) is 135 Å². The molecule has 0 bridgehead atoms. The Morgan fingerprint density at radius 3 is 2.56 bits per heavy atom. The van der Waals surface area contributed by atoms with Gasteiger partial charge in [-0.1, -0.05) is 35.0 Å². The summed E-state index contributed by atoms with van der Waals surface area (Å²) >= 11 is 4.88. The Bertz CT molecular complexity index is 1210. The van der Waals surface area contributed by atoms with E-state index in [1.54, 1.807) is 45.0 Å². The molecule has 0 radical (unpaired) electrons. The fraction of sp³-hybridized carbons (Fsp3) is 0.500. The second-order valence-electron chi connectivity index (χ2n) is 10.5. The van der Waals surface area contributed by atoms with Gasteiger partial charge >= 0.3 is 6.09 Å². The predicted octanol–water partition coefficient (Wildman–Crippen LogP) is 5.29. The normalized spacial score (nSPS) is 17.2. The van der Waals surface area contributed by atoms with Gasteiger partial charge in [-0.2, -0.15) is 0 Å². The van der Waals surface area contributed by atoms with Gasteiger partial charge < -0.3 is 15.5 Å². The number of nitrogens with one attached hydrogen (secondary N) is 2. The van der Waals surface area contributed by atoms with Crippen molar-refractivity contribution in [2.75, 3.05) is 6.54 Å². The standard InChI is InChI=1S/C10H18N2O3.C9H6BrNO.C9H15NOS/c1-10(2,3)15-9(14)12-6-4-5-7(12)8(11)13;10-7-2-1-6-3-4-11-9(12)8(6)5-7;1-3-4-7(2)9(11)10-12-8-5-6-8/h7H,4-6H2,1-3H3,(H2,11,13);1-5H,(H,11,12);3,7-8H,1,4-6H2,2H3,(H,10,11). The first-order chi connectivity index (χ1) is 18.3. The number of halogens is 1. The number of hydrogen-bond donors (Lipinski definition) is 3. The fourth-order valence-corrected chi connectivity index (χ4v) is 4.76. The van der Waals surface area contributed by atoms with E-state index in [9.17, 15) is 19.2 Å². The van der Waals surface area contributed by atoms with Crippen LogP contribution in [0.15, 0.2) is 52.4 Å². The fourth-order valence-electron chi connectivity index (χ4n) is 3.54. The minimum absolute atomic E-state index is 0.0474. The number of nitrogens with two attached hydrogens (primary N) is 1. The minimum Gasteiger partial charge on any atom is -0.444 e. The summed E-state index contributed by atoms with van der Waals surface area (Å²) in [6.45, 7) is 11.4. The number of allylic oxidation sites excluding steroid dienone is 1. The molecule has 2 heterocycles. The number of pyridine rings is 1. The SMILES string of the molecule is C=CCC(C)C(=O)NSC1CC1.CC(C)(C)OC(=O)N1CCCC1C(N)=O.O=c1[nH]ccc2ccc(Br)cc12. The van der Waals surface area contributed by atoms with Crippen molar-refractivity contribution >= 4 is 56.6 Å². The first kappa shape index (κ1) is 32.4. The summed E-state index contributed by atoms with van der Waals surface area (Å²) in [5.74, 6) is -0.265. The number of likely N-dealkylation sites (tertiary alicyclic amines) is 1. The van der Waals surface area contributed by atoms with E-state index in [1.165, 1.54) is 17.7 Å². The number of aromatic nitrogens is 1. The van der Waals surface area contributed by atoms with E-state index in [2.05, 4.69) is 32.2 Å². The number of primary amides is 1. The van der Waals surface area contributed by atoms with Crippen LogP contribution in [0.3, 0.4) is 0 Å². The molecule has 2 unspecified atom stereocenters. The molecule has 1 aromatic carbocycles. The third-order valence-electron chi connectivity index (χ3n) is 5.76. The van der Waals surface area contributed by atoms with Crippen LogP contribution in [0.2, 0.25) is 0 Å². The second kappa shape index (κ2) is 15.1. The lowest BCUT2D eigenvalue weighted by Gasteiger charge is -2.27. The number of hydrogen-bond acceptors (Lipinski definition) is 6. The maximum atomic E-state index is 11.7. The van der Waals surface area contributed by atoms with Crippen molar-refractivity contribution in [3.8, 4) is 0 Å². The van der Waals surface area contributed by atoms with E-state index in [0.717, 1.165) is 22.7 Å². The lowest BCUT2D eigenvalue weighted by molar-refractivity contribution is -0.123. The highest BCUT2D eigenvalue weighted by atomic mass is 79.9. The largest absolute Gasteiger partial charge is 0.444 e. The number of H-pyrrole nitrogens is 1. The van der Waals surface area contributed by atoms with E-state index in [0.29, 0.717) is 23.6 Å². The summed E-state index contributed by atoms with van der Waals surface area (Å²) in [5.41, 5.74) is 4.61. The summed E-state index contributed by atoms with van der Waals surface area (Å²) in [6.07, 6.45) is 7.67. The lowest BCUT2D eigenvalue weighted by Crippen LogP contribution is -2.45. The number of carbonyl (C=O) groups is 3. The highest BCUT2D eigenvalue weighted by Crippen LogP contribution is 2.32. The van der Waals surface area contributed by atoms with Gasteiger partial charge in [0.05, 0.1) is 0 Å². The molecule has 1 aliphatic heterocycles. The van der Waals surface area contributed by atoms with Crippen molar-refractivity contribution in [1.82, 2.24) is 14.6 Å².